The van der Waals surface area contributed by atoms with Gasteiger partial charge in [-0.15, -0.1) is 0 Å². The van der Waals surface area contributed by atoms with Gasteiger partial charge in [0.05, 0.1) is 6.54 Å². The Balaban J connectivity index is 1.54. The summed E-state index contributed by atoms with van der Waals surface area (Å²) < 4.78 is 7.91. The highest BCUT2D eigenvalue weighted by atomic mass is 32.1. The maximum Gasteiger partial charge on any atom is 0.262 e. The summed E-state index contributed by atoms with van der Waals surface area (Å²) in [7, 11) is 0. The van der Waals surface area contributed by atoms with E-state index in [0.717, 1.165) is 29.1 Å². The average molecular weight is 398 g/mol. The molecule has 3 rings (SSSR count). The molecule has 28 heavy (non-hydrogen) atoms. The van der Waals surface area contributed by atoms with Crippen LogP contribution >= 0.6 is 12.2 Å². The third-order valence-corrected chi connectivity index (χ3v) is 4.38. The number of ether oxygens (including phenoxy) is 1. The van der Waals surface area contributed by atoms with Crippen LogP contribution in [0.5, 0.6) is 5.75 Å². The molecule has 0 saturated heterocycles. The molecule has 146 valence electrons. The van der Waals surface area contributed by atoms with E-state index in [1.165, 1.54) is 0 Å². The largest absolute Gasteiger partial charge is 0.484 e. The van der Waals surface area contributed by atoms with E-state index in [9.17, 15) is 4.79 Å². The normalized spacial score (nSPS) is 10.5. The number of H-pyrrole nitrogens is 1. The molecular weight excluding hydrogens is 374 g/mol. The molecule has 0 aliphatic carbocycles. The van der Waals surface area contributed by atoms with Gasteiger partial charge in [0.25, 0.3) is 5.91 Å². The van der Waals surface area contributed by atoms with Crippen molar-refractivity contribution in [2.24, 2.45) is 0 Å². The zero-order valence-electron chi connectivity index (χ0n) is 15.9. The number of aryl methyl sites for hydroxylation is 2. The number of hydrogen-bond acceptors (Lipinski definition) is 5. The molecule has 7 nitrogen and oxygen atoms in total. The average Bonchev–Trinajstić information content (AvgIpc) is 3.06. The maximum atomic E-state index is 12.1. The molecular formula is C20H23N5O2S. The summed E-state index contributed by atoms with van der Waals surface area (Å²) >= 11 is 5.22. The molecule has 3 N–H and O–H groups in total. The van der Waals surface area contributed by atoms with Crippen molar-refractivity contribution in [3.8, 4) is 5.75 Å². The zero-order chi connectivity index (χ0) is 19.9. The van der Waals surface area contributed by atoms with E-state index < -0.39 is 0 Å². The van der Waals surface area contributed by atoms with Gasteiger partial charge >= 0.3 is 0 Å². The number of hydrogen-bond donors (Lipinski definition) is 3. The highest BCUT2D eigenvalue weighted by Crippen LogP contribution is 2.14. The topological polar surface area (TPSA) is 84.0 Å². The number of amides is 1. The van der Waals surface area contributed by atoms with Crippen molar-refractivity contribution in [1.29, 1.82) is 0 Å². The van der Waals surface area contributed by atoms with Crippen molar-refractivity contribution >= 4 is 23.8 Å². The lowest BCUT2D eigenvalue weighted by molar-refractivity contribution is -0.118. The second kappa shape index (κ2) is 9.18. The van der Waals surface area contributed by atoms with Gasteiger partial charge in [0.2, 0.25) is 4.77 Å². The molecule has 0 aliphatic heterocycles. The molecule has 0 radical (unpaired) electrons. The molecule has 0 bridgehead atoms. The first-order valence-corrected chi connectivity index (χ1v) is 9.44. The van der Waals surface area contributed by atoms with Crippen molar-refractivity contribution in [3.63, 3.8) is 0 Å². The first kappa shape index (κ1) is 19.6. The summed E-state index contributed by atoms with van der Waals surface area (Å²) in [6.45, 7) is 4.50. The Hall–Kier alpha value is -3.13. The summed E-state index contributed by atoms with van der Waals surface area (Å²) in [5.41, 5.74) is 6.14. The molecule has 1 amide bonds. The lowest BCUT2D eigenvalue weighted by Crippen LogP contribution is -2.20. The minimum Gasteiger partial charge on any atom is -0.484 e. The van der Waals surface area contributed by atoms with E-state index in [2.05, 4.69) is 20.9 Å². The molecule has 0 saturated carbocycles. The van der Waals surface area contributed by atoms with Crippen molar-refractivity contribution in [3.05, 3.63) is 70.3 Å². The summed E-state index contributed by atoms with van der Waals surface area (Å²) in [4.78, 5) is 12.1. The number of benzene rings is 2. The predicted octanol–water partition coefficient (Wildman–Crippen LogP) is 3.57. The second-order valence-electron chi connectivity index (χ2n) is 6.32. The molecule has 0 fully saturated rings. The lowest BCUT2D eigenvalue weighted by Gasteiger charge is -2.11. The highest BCUT2D eigenvalue weighted by Gasteiger charge is 2.06. The van der Waals surface area contributed by atoms with Crippen LogP contribution in [0.3, 0.4) is 0 Å². The number of anilines is 1. The summed E-state index contributed by atoms with van der Waals surface area (Å²) in [6.07, 6.45) is 0.763. The first-order valence-electron chi connectivity index (χ1n) is 9.03. The first-order chi connectivity index (χ1) is 13.5. The SMILES string of the molecule is CCc1n[nH]c(=S)n1NCc1cccc(OCC(=O)Nc2ccc(C)cc2)c1. The Morgan fingerprint density at radius 2 is 2.04 bits per heavy atom. The van der Waals surface area contributed by atoms with Gasteiger partial charge in [-0.3, -0.25) is 9.89 Å². The number of carbonyl (C=O) groups excluding carboxylic acids is 1. The van der Waals surface area contributed by atoms with Crippen LogP contribution in [0.2, 0.25) is 0 Å². The van der Waals surface area contributed by atoms with E-state index in [-0.39, 0.29) is 12.5 Å². The molecule has 0 unspecified atom stereocenters. The van der Waals surface area contributed by atoms with E-state index in [0.29, 0.717) is 17.1 Å². The Kier molecular flexibility index (Phi) is 6.44. The van der Waals surface area contributed by atoms with Crippen LogP contribution in [0, 0.1) is 11.7 Å². The Morgan fingerprint density at radius 1 is 1.25 bits per heavy atom. The smallest absolute Gasteiger partial charge is 0.262 e. The zero-order valence-corrected chi connectivity index (χ0v) is 16.7. The number of carbonyl (C=O) groups is 1. The number of aromatic amines is 1. The van der Waals surface area contributed by atoms with Crippen LogP contribution in [-0.2, 0) is 17.8 Å². The van der Waals surface area contributed by atoms with Gasteiger partial charge in [-0.25, -0.2) is 4.68 Å². The van der Waals surface area contributed by atoms with Crippen LogP contribution in [0.25, 0.3) is 0 Å². The number of aromatic nitrogens is 3. The third kappa shape index (κ3) is 5.20. The van der Waals surface area contributed by atoms with E-state index >= 15 is 0 Å². The standard InChI is InChI=1S/C20H23N5O2S/c1-3-18-23-24-20(28)25(18)21-12-15-5-4-6-17(11-15)27-13-19(26)22-16-9-7-14(2)8-10-16/h4-11,21H,3,12-13H2,1-2H3,(H,22,26)(H,24,28). The van der Waals surface area contributed by atoms with E-state index in [1.54, 1.807) is 4.68 Å². The second-order valence-corrected chi connectivity index (χ2v) is 6.71. The monoisotopic (exact) mass is 397 g/mol. The van der Waals surface area contributed by atoms with Crippen molar-refractivity contribution in [2.45, 2.75) is 26.8 Å². The summed E-state index contributed by atoms with van der Waals surface area (Å²) in [6, 6.07) is 15.2. The minimum absolute atomic E-state index is 0.0580. The van der Waals surface area contributed by atoms with Crippen molar-refractivity contribution in [2.75, 3.05) is 17.3 Å². The van der Waals surface area contributed by atoms with E-state index in [4.69, 9.17) is 17.0 Å². The maximum absolute atomic E-state index is 12.1. The molecule has 0 aliphatic rings. The Bertz CT molecular complexity index is 994. The van der Waals surface area contributed by atoms with Crippen LogP contribution < -0.4 is 15.5 Å². The number of nitrogens with one attached hydrogen (secondary N) is 3. The van der Waals surface area contributed by atoms with Crippen molar-refractivity contribution in [1.82, 2.24) is 14.9 Å². The molecule has 2 aromatic carbocycles. The Morgan fingerprint density at radius 3 is 2.79 bits per heavy atom. The fourth-order valence-electron chi connectivity index (χ4n) is 2.63. The summed E-state index contributed by atoms with van der Waals surface area (Å²) in [5, 5.41) is 9.76. The van der Waals surface area contributed by atoms with Gasteiger partial charge in [0, 0.05) is 12.1 Å². The fourth-order valence-corrected chi connectivity index (χ4v) is 2.84. The number of nitrogens with zero attached hydrogens (tertiary/aromatic N) is 2. The Labute approximate surface area is 168 Å². The molecule has 1 aromatic heterocycles. The summed E-state index contributed by atoms with van der Waals surface area (Å²) in [5.74, 6) is 1.26. The fraction of sp³-hybridized carbons (Fsp3) is 0.250. The molecule has 0 spiro atoms. The van der Waals surface area contributed by atoms with Crippen LogP contribution in [0.1, 0.15) is 23.9 Å². The van der Waals surface area contributed by atoms with E-state index in [1.807, 2.05) is 62.4 Å². The lowest BCUT2D eigenvalue weighted by atomic mass is 10.2. The molecule has 0 atom stereocenters. The third-order valence-electron chi connectivity index (χ3n) is 4.10. The number of rotatable bonds is 8. The quantitative estimate of drug-likeness (QED) is 0.506. The van der Waals surface area contributed by atoms with Gasteiger partial charge in [0.15, 0.2) is 12.4 Å². The van der Waals surface area contributed by atoms with Crippen LogP contribution in [0.15, 0.2) is 48.5 Å². The van der Waals surface area contributed by atoms with Gasteiger partial charge in [-0.05, 0) is 49.0 Å². The van der Waals surface area contributed by atoms with Gasteiger partial charge in [-0.2, -0.15) is 5.10 Å². The van der Waals surface area contributed by atoms with Crippen LogP contribution in [-0.4, -0.2) is 27.4 Å². The minimum atomic E-state index is -0.204. The predicted molar refractivity (Wildman–Crippen MR) is 112 cm³/mol. The van der Waals surface area contributed by atoms with Gasteiger partial charge in [-0.1, -0.05) is 36.8 Å². The molecule has 8 heteroatoms. The van der Waals surface area contributed by atoms with Gasteiger partial charge < -0.3 is 15.5 Å². The van der Waals surface area contributed by atoms with Crippen LogP contribution in [0.4, 0.5) is 5.69 Å². The molecule has 1 heterocycles. The highest BCUT2D eigenvalue weighted by molar-refractivity contribution is 7.71. The van der Waals surface area contributed by atoms with Crippen molar-refractivity contribution < 1.29 is 9.53 Å². The molecule has 3 aromatic rings. The van der Waals surface area contributed by atoms with Gasteiger partial charge in [0.1, 0.15) is 5.75 Å².